The summed E-state index contributed by atoms with van der Waals surface area (Å²) in [5.41, 5.74) is 0.963. The van der Waals surface area contributed by atoms with Crippen LogP contribution in [0.4, 0.5) is 10.5 Å². The van der Waals surface area contributed by atoms with Crippen LogP contribution in [-0.4, -0.2) is 33.5 Å². The number of hydrogen-bond acceptors (Lipinski definition) is 5. The SMILES string of the molecule is Cc1nnc(-c2ccc(NC(=O)NC(C)(C)CCO)cc2)o1. The Morgan fingerprint density at radius 3 is 2.50 bits per heavy atom. The topological polar surface area (TPSA) is 100 Å². The van der Waals surface area contributed by atoms with Crippen LogP contribution >= 0.6 is 0 Å². The predicted molar refractivity (Wildman–Crippen MR) is 82.4 cm³/mol. The lowest BCUT2D eigenvalue weighted by Gasteiger charge is -2.25. The van der Waals surface area contributed by atoms with E-state index in [-0.39, 0.29) is 12.6 Å². The smallest absolute Gasteiger partial charge is 0.319 e. The first-order chi connectivity index (χ1) is 10.4. The van der Waals surface area contributed by atoms with Crippen molar-refractivity contribution in [3.8, 4) is 11.5 Å². The second-order valence-electron chi connectivity index (χ2n) is 5.64. The predicted octanol–water partition coefficient (Wildman–Crippen LogP) is 2.33. The van der Waals surface area contributed by atoms with Crippen LogP contribution in [0.15, 0.2) is 28.7 Å². The summed E-state index contributed by atoms with van der Waals surface area (Å²) in [6.45, 7) is 5.45. The second-order valence-corrected chi connectivity index (χ2v) is 5.64. The number of benzene rings is 1. The molecular formula is C15H20N4O3. The Kier molecular flexibility index (Phi) is 4.77. The molecule has 0 spiro atoms. The molecule has 0 radical (unpaired) electrons. The average Bonchev–Trinajstić information content (AvgIpc) is 2.85. The van der Waals surface area contributed by atoms with Gasteiger partial charge in [0.1, 0.15) is 0 Å². The zero-order valence-electron chi connectivity index (χ0n) is 12.9. The quantitative estimate of drug-likeness (QED) is 0.787. The van der Waals surface area contributed by atoms with Gasteiger partial charge in [-0.25, -0.2) is 4.79 Å². The molecule has 0 aliphatic heterocycles. The first kappa shape index (κ1) is 16.0. The van der Waals surface area contributed by atoms with Crippen LogP contribution in [0, 0.1) is 6.92 Å². The molecule has 118 valence electrons. The molecule has 1 aromatic heterocycles. The van der Waals surface area contributed by atoms with Crippen molar-refractivity contribution in [3.05, 3.63) is 30.2 Å². The monoisotopic (exact) mass is 304 g/mol. The zero-order chi connectivity index (χ0) is 16.2. The maximum Gasteiger partial charge on any atom is 0.319 e. The Morgan fingerprint density at radius 2 is 1.95 bits per heavy atom. The van der Waals surface area contributed by atoms with Gasteiger partial charge in [0.2, 0.25) is 11.8 Å². The Morgan fingerprint density at radius 1 is 1.27 bits per heavy atom. The molecule has 0 bridgehead atoms. The third-order valence-corrected chi connectivity index (χ3v) is 3.10. The number of rotatable bonds is 5. The van der Waals surface area contributed by atoms with E-state index in [9.17, 15) is 4.79 Å². The van der Waals surface area contributed by atoms with Gasteiger partial charge in [0.05, 0.1) is 0 Å². The molecule has 0 aliphatic carbocycles. The third kappa shape index (κ3) is 4.29. The normalized spacial score (nSPS) is 11.3. The maximum absolute atomic E-state index is 11.9. The number of hydrogen-bond donors (Lipinski definition) is 3. The summed E-state index contributed by atoms with van der Waals surface area (Å²) < 4.78 is 5.34. The van der Waals surface area contributed by atoms with Gasteiger partial charge < -0.3 is 20.2 Å². The number of nitrogens with one attached hydrogen (secondary N) is 2. The lowest BCUT2D eigenvalue weighted by Crippen LogP contribution is -2.46. The molecule has 2 amide bonds. The van der Waals surface area contributed by atoms with Gasteiger partial charge >= 0.3 is 6.03 Å². The Bertz CT molecular complexity index is 634. The van der Waals surface area contributed by atoms with Crippen LogP contribution in [0.3, 0.4) is 0 Å². The molecule has 2 rings (SSSR count). The molecule has 0 atom stereocenters. The van der Waals surface area contributed by atoms with Gasteiger partial charge in [0.15, 0.2) is 0 Å². The summed E-state index contributed by atoms with van der Waals surface area (Å²) in [4.78, 5) is 11.9. The second kappa shape index (κ2) is 6.57. The molecule has 0 unspecified atom stereocenters. The number of amides is 2. The van der Waals surface area contributed by atoms with E-state index in [4.69, 9.17) is 9.52 Å². The van der Waals surface area contributed by atoms with Crippen LogP contribution in [0.25, 0.3) is 11.5 Å². The van der Waals surface area contributed by atoms with Crippen molar-refractivity contribution in [2.24, 2.45) is 0 Å². The fraction of sp³-hybridized carbons (Fsp3) is 0.400. The van der Waals surface area contributed by atoms with Gasteiger partial charge in [-0.2, -0.15) is 0 Å². The standard InChI is InChI=1S/C15H20N4O3/c1-10-18-19-13(22-10)11-4-6-12(7-5-11)16-14(21)17-15(2,3)8-9-20/h4-7,20H,8-9H2,1-3H3,(H2,16,17,21). The molecule has 7 nitrogen and oxygen atoms in total. The third-order valence-electron chi connectivity index (χ3n) is 3.10. The number of carbonyl (C=O) groups excluding carboxylic acids is 1. The lowest BCUT2D eigenvalue weighted by molar-refractivity contribution is 0.218. The maximum atomic E-state index is 11.9. The molecule has 0 fully saturated rings. The summed E-state index contributed by atoms with van der Waals surface area (Å²) in [7, 11) is 0. The highest BCUT2D eigenvalue weighted by Crippen LogP contribution is 2.20. The van der Waals surface area contributed by atoms with Crippen LogP contribution < -0.4 is 10.6 Å². The number of aromatic nitrogens is 2. The van der Waals surface area contributed by atoms with Crippen molar-refractivity contribution in [2.75, 3.05) is 11.9 Å². The highest BCUT2D eigenvalue weighted by molar-refractivity contribution is 5.89. The lowest BCUT2D eigenvalue weighted by atomic mass is 10.0. The molecule has 0 saturated carbocycles. The van der Waals surface area contributed by atoms with E-state index in [0.717, 1.165) is 5.56 Å². The zero-order valence-corrected chi connectivity index (χ0v) is 12.9. The van der Waals surface area contributed by atoms with E-state index in [1.54, 1.807) is 31.2 Å². The van der Waals surface area contributed by atoms with E-state index >= 15 is 0 Å². The van der Waals surface area contributed by atoms with Crippen LogP contribution in [0.5, 0.6) is 0 Å². The van der Waals surface area contributed by atoms with Crippen molar-refractivity contribution in [1.29, 1.82) is 0 Å². The van der Waals surface area contributed by atoms with Gasteiger partial charge in [-0.15, -0.1) is 10.2 Å². The first-order valence-electron chi connectivity index (χ1n) is 7.00. The van der Waals surface area contributed by atoms with Crippen molar-refractivity contribution in [3.63, 3.8) is 0 Å². The summed E-state index contributed by atoms with van der Waals surface area (Å²) >= 11 is 0. The number of aliphatic hydroxyl groups excluding tert-OH is 1. The largest absolute Gasteiger partial charge is 0.421 e. The van der Waals surface area contributed by atoms with E-state index < -0.39 is 5.54 Å². The molecule has 7 heteroatoms. The summed E-state index contributed by atoms with van der Waals surface area (Å²) in [5, 5.41) is 22.2. The van der Waals surface area contributed by atoms with Gasteiger partial charge in [0, 0.05) is 30.3 Å². The number of aliphatic hydroxyl groups is 1. The number of anilines is 1. The van der Waals surface area contributed by atoms with Gasteiger partial charge in [-0.3, -0.25) is 0 Å². The minimum absolute atomic E-state index is 0.0194. The number of urea groups is 1. The number of nitrogens with zero attached hydrogens (tertiary/aromatic N) is 2. The highest BCUT2D eigenvalue weighted by Gasteiger charge is 2.19. The van der Waals surface area contributed by atoms with E-state index in [2.05, 4.69) is 20.8 Å². The molecule has 0 saturated heterocycles. The molecular weight excluding hydrogens is 284 g/mol. The van der Waals surface area contributed by atoms with Gasteiger partial charge in [-0.05, 0) is 44.5 Å². The summed E-state index contributed by atoms with van der Waals surface area (Å²) in [6.07, 6.45) is 0.482. The fourth-order valence-electron chi connectivity index (χ4n) is 1.92. The molecule has 0 aliphatic rings. The molecule has 22 heavy (non-hydrogen) atoms. The van der Waals surface area contributed by atoms with Crippen molar-refractivity contribution >= 4 is 11.7 Å². The van der Waals surface area contributed by atoms with Crippen LogP contribution in [-0.2, 0) is 0 Å². The fourth-order valence-corrected chi connectivity index (χ4v) is 1.92. The van der Waals surface area contributed by atoms with Crippen molar-refractivity contribution in [1.82, 2.24) is 15.5 Å². The van der Waals surface area contributed by atoms with E-state index in [1.807, 2.05) is 13.8 Å². The Hall–Kier alpha value is -2.41. The number of carbonyl (C=O) groups is 1. The molecule has 2 aromatic rings. The van der Waals surface area contributed by atoms with Crippen LogP contribution in [0.2, 0.25) is 0 Å². The minimum atomic E-state index is -0.472. The number of aryl methyl sites for hydroxylation is 1. The Balaban J connectivity index is 1.98. The van der Waals surface area contributed by atoms with E-state index in [1.165, 1.54) is 0 Å². The molecule has 1 aromatic carbocycles. The van der Waals surface area contributed by atoms with Gasteiger partial charge in [-0.1, -0.05) is 0 Å². The van der Waals surface area contributed by atoms with Crippen LogP contribution in [0.1, 0.15) is 26.2 Å². The van der Waals surface area contributed by atoms with Gasteiger partial charge in [0.25, 0.3) is 0 Å². The first-order valence-corrected chi connectivity index (χ1v) is 7.00. The summed E-state index contributed by atoms with van der Waals surface area (Å²) in [6, 6.07) is 6.78. The minimum Gasteiger partial charge on any atom is -0.421 e. The molecule has 3 N–H and O–H groups in total. The van der Waals surface area contributed by atoms with Crippen molar-refractivity contribution in [2.45, 2.75) is 32.7 Å². The van der Waals surface area contributed by atoms with Crippen molar-refractivity contribution < 1.29 is 14.3 Å². The summed E-state index contributed by atoms with van der Waals surface area (Å²) in [5.74, 6) is 0.945. The Labute approximate surface area is 128 Å². The van der Waals surface area contributed by atoms with E-state index in [0.29, 0.717) is 23.9 Å². The average molecular weight is 304 g/mol. The highest BCUT2D eigenvalue weighted by atomic mass is 16.4. The molecule has 1 heterocycles.